The van der Waals surface area contributed by atoms with E-state index >= 15 is 0 Å². The Labute approximate surface area is 201 Å². The molecule has 2 aliphatic heterocycles. The van der Waals surface area contributed by atoms with Gasteiger partial charge in [0.05, 0.1) is 18.8 Å². The second-order valence-electron chi connectivity index (χ2n) is 10.0. The number of nitrogens with one attached hydrogen (secondary N) is 1. The molecule has 8 heteroatoms. The van der Waals surface area contributed by atoms with Crippen LogP contribution in [-0.4, -0.2) is 50.8 Å². The van der Waals surface area contributed by atoms with Crippen LogP contribution in [0.2, 0.25) is 0 Å². The van der Waals surface area contributed by atoms with Gasteiger partial charge in [-0.3, -0.25) is 9.59 Å². The van der Waals surface area contributed by atoms with E-state index < -0.39 is 0 Å². The van der Waals surface area contributed by atoms with Crippen molar-refractivity contribution in [1.29, 1.82) is 0 Å². The van der Waals surface area contributed by atoms with Crippen LogP contribution in [0.4, 0.5) is 0 Å². The molecule has 3 heterocycles. The topological polar surface area (TPSA) is 89.4 Å². The highest BCUT2D eigenvalue weighted by Gasteiger charge is 2.33. The standard InChI is InChI=1S/C26H35N5O3/c1-18-8-10-19(11-9-18)23-16-31-22(17-34-23)24(28-29-31)26(33)30-14-12-20(13-15-30)25(32)27-21-6-4-2-3-5-7-21/h8-11,20-21,23H,2-7,12-17H2,1H3,(H,27,32)/t23-/m0/s1. The van der Waals surface area contributed by atoms with Crippen LogP contribution in [0.25, 0.3) is 0 Å². The van der Waals surface area contributed by atoms with Crippen molar-refractivity contribution >= 4 is 11.8 Å². The van der Waals surface area contributed by atoms with E-state index in [0.717, 1.165) is 24.1 Å². The molecule has 1 aromatic carbocycles. The van der Waals surface area contributed by atoms with Crippen molar-refractivity contribution in [3.63, 3.8) is 0 Å². The fraction of sp³-hybridized carbons (Fsp3) is 0.615. The van der Waals surface area contributed by atoms with Crippen LogP contribution >= 0.6 is 0 Å². The van der Waals surface area contributed by atoms with Crippen molar-refractivity contribution in [3.8, 4) is 0 Å². The summed E-state index contributed by atoms with van der Waals surface area (Å²) in [6.07, 6.45) is 8.43. The lowest BCUT2D eigenvalue weighted by Gasteiger charge is -2.32. The summed E-state index contributed by atoms with van der Waals surface area (Å²) in [7, 11) is 0. The first-order valence-corrected chi connectivity index (χ1v) is 12.8. The number of carbonyl (C=O) groups is 2. The van der Waals surface area contributed by atoms with E-state index in [1.165, 1.54) is 31.2 Å². The Kier molecular flexibility index (Phi) is 6.94. The van der Waals surface area contributed by atoms with E-state index in [1.807, 2.05) is 4.90 Å². The molecule has 2 aromatic rings. The fourth-order valence-corrected chi connectivity index (χ4v) is 5.40. The quantitative estimate of drug-likeness (QED) is 0.698. The Morgan fingerprint density at radius 2 is 1.71 bits per heavy atom. The first kappa shape index (κ1) is 23.0. The number of likely N-dealkylation sites (tertiary alicyclic amines) is 1. The van der Waals surface area contributed by atoms with E-state index in [-0.39, 0.29) is 23.8 Å². The number of benzene rings is 1. The molecule has 1 N–H and O–H groups in total. The number of nitrogens with zero attached hydrogens (tertiary/aromatic N) is 4. The first-order chi connectivity index (χ1) is 16.6. The third-order valence-corrected chi connectivity index (χ3v) is 7.60. The van der Waals surface area contributed by atoms with Crippen LogP contribution in [-0.2, 0) is 22.7 Å². The predicted molar refractivity (Wildman–Crippen MR) is 127 cm³/mol. The summed E-state index contributed by atoms with van der Waals surface area (Å²) in [5, 5.41) is 11.8. The van der Waals surface area contributed by atoms with Crippen LogP contribution in [0.5, 0.6) is 0 Å². The molecule has 0 bridgehead atoms. The van der Waals surface area contributed by atoms with E-state index in [2.05, 4.69) is 46.8 Å². The summed E-state index contributed by atoms with van der Waals surface area (Å²) in [6.45, 7) is 4.06. The second kappa shape index (κ2) is 10.3. The number of amides is 2. The molecular formula is C26H35N5O3. The van der Waals surface area contributed by atoms with Crippen LogP contribution < -0.4 is 5.32 Å². The predicted octanol–water partition coefficient (Wildman–Crippen LogP) is 3.55. The van der Waals surface area contributed by atoms with Gasteiger partial charge in [0, 0.05) is 25.0 Å². The maximum atomic E-state index is 13.2. The molecular weight excluding hydrogens is 430 g/mol. The van der Waals surface area contributed by atoms with E-state index in [4.69, 9.17) is 4.74 Å². The number of carbonyl (C=O) groups excluding carboxylic acids is 2. The smallest absolute Gasteiger partial charge is 0.276 e. The lowest BCUT2D eigenvalue weighted by molar-refractivity contribution is -0.127. The molecule has 34 heavy (non-hydrogen) atoms. The highest BCUT2D eigenvalue weighted by molar-refractivity contribution is 5.93. The largest absolute Gasteiger partial charge is 0.365 e. The molecule has 1 atom stereocenters. The van der Waals surface area contributed by atoms with Gasteiger partial charge in [0.2, 0.25) is 5.91 Å². The molecule has 0 radical (unpaired) electrons. The molecule has 3 aliphatic rings. The first-order valence-electron chi connectivity index (χ1n) is 12.8. The van der Waals surface area contributed by atoms with Crippen molar-refractivity contribution in [2.24, 2.45) is 5.92 Å². The third-order valence-electron chi connectivity index (χ3n) is 7.60. The van der Waals surface area contributed by atoms with Gasteiger partial charge in [-0.2, -0.15) is 0 Å². The van der Waals surface area contributed by atoms with Gasteiger partial charge in [-0.15, -0.1) is 5.10 Å². The molecule has 5 rings (SSSR count). The van der Waals surface area contributed by atoms with Crippen LogP contribution in [0, 0.1) is 12.8 Å². The van der Waals surface area contributed by atoms with Crippen molar-refractivity contribution in [3.05, 3.63) is 46.8 Å². The van der Waals surface area contributed by atoms with Crippen LogP contribution in [0.1, 0.15) is 84.8 Å². The van der Waals surface area contributed by atoms with Gasteiger partial charge in [0.15, 0.2) is 5.69 Å². The molecule has 0 unspecified atom stereocenters. The summed E-state index contributed by atoms with van der Waals surface area (Å²) >= 11 is 0. The van der Waals surface area contributed by atoms with Gasteiger partial charge in [-0.05, 0) is 38.2 Å². The normalized spacial score (nSPS) is 22.1. The molecule has 1 saturated heterocycles. The summed E-state index contributed by atoms with van der Waals surface area (Å²) in [4.78, 5) is 27.8. The van der Waals surface area contributed by atoms with Crippen LogP contribution in [0.15, 0.2) is 24.3 Å². The Morgan fingerprint density at radius 3 is 2.41 bits per heavy atom. The molecule has 1 saturated carbocycles. The molecule has 0 spiro atoms. The average Bonchev–Trinajstić information content (AvgIpc) is 3.12. The minimum atomic E-state index is -0.110. The maximum Gasteiger partial charge on any atom is 0.276 e. The molecule has 182 valence electrons. The molecule has 8 nitrogen and oxygen atoms in total. The highest BCUT2D eigenvalue weighted by atomic mass is 16.5. The number of hydrogen-bond donors (Lipinski definition) is 1. The van der Waals surface area contributed by atoms with Crippen molar-refractivity contribution in [1.82, 2.24) is 25.2 Å². The average molecular weight is 466 g/mol. The Bertz CT molecular complexity index is 1000. The zero-order valence-corrected chi connectivity index (χ0v) is 20.0. The molecule has 1 aromatic heterocycles. The van der Waals surface area contributed by atoms with Crippen LogP contribution in [0.3, 0.4) is 0 Å². The Hall–Kier alpha value is -2.74. The maximum absolute atomic E-state index is 13.2. The molecule has 2 amide bonds. The number of fused-ring (bicyclic) bond motifs is 1. The zero-order chi connectivity index (χ0) is 23.5. The highest BCUT2D eigenvalue weighted by Crippen LogP contribution is 2.28. The summed E-state index contributed by atoms with van der Waals surface area (Å²) in [5.41, 5.74) is 3.42. The van der Waals surface area contributed by atoms with Gasteiger partial charge in [0.1, 0.15) is 6.10 Å². The van der Waals surface area contributed by atoms with Gasteiger partial charge in [0.25, 0.3) is 5.91 Å². The van der Waals surface area contributed by atoms with Crippen molar-refractivity contribution in [2.45, 2.75) is 83.6 Å². The minimum Gasteiger partial charge on any atom is -0.365 e. The Balaban J connectivity index is 1.16. The summed E-state index contributed by atoms with van der Waals surface area (Å²) < 4.78 is 7.87. The minimum absolute atomic E-state index is 0.0139. The fourth-order valence-electron chi connectivity index (χ4n) is 5.40. The number of aryl methyl sites for hydroxylation is 1. The zero-order valence-electron chi connectivity index (χ0n) is 20.0. The monoisotopic (exact) mass is 465 g/mol. The molecule has 2 fully saturated rings. The second-order valence-corrected chi connectivity index (χ2v) is 10.0. The molecule has 1 aliphatic carbocycles. The SMILES string of the molecule is Cc1ccc([C@@H]2Cn3nnc(C(=O)N4CCC(C(=O)NC5CCCCCC5)CC4)c3CO2)cc1. The Morgan fingerprint density at radius 1 is 1.00 bits per heavy atom. The van der Waals surface area contributed by atoms with Gasteiger partial charge < -0.3 is 15.0 Å². The van der Waals surface area contributed by atoms with Gasteiger partial charge >= 0.3 is 0 Å². The number of hydrogen-bond acceptors (Lipinski definition) is 5. The van der Waals surface area contributed by atoms with Gasteiger partial charge in [-0.25, -0.2) is 4.68 Å². The lowest BCUT2D eigenvalue weighted by atomic mass is 9.94. The van der Waals surface area contributed by atoms with E-state index in [0.29, 0.717) is 50.8 Å². The van der Waals surface area contributed by atoms with Gasteiger partial charge in [-0.1, -0.05) is 60.7 Å². The van der Waals surface area contributed by atoms with Crippen molar-refractivity contribution < 1.29 is 14.3 Å². The third kappa shape index (κ3) is 5.02. The number of rotatable bonds is 4. The van der Waals surface area contributed by atoms with E-state index in [1.54, 1.807) is 4.68 Å². The number of piperidine rings is 1. The summed E-state index contributed by atoms with van der Waals surface area (Å²) in [5.74, 6) is 0.0387. The number of ether oxygens (including phenoxy) is 1. The van der Waals surface area contributed by atoms with E-state index in [9.17, 15) is 9.59 Å². The summed E-state index contributed by atoms with van der Waals surface area (Å²) in [6, 6.07) is 8.62. The lowest BCUT2D eigenvalue weighted by Crippen LogP contribution is -2.45. The number of aromatic nitrogens is 3. The van der Waals surface area contributed by atoms with Crippen molar-refractivity contribution in [2.75, 3.05) is 13.1 Å².